The van der Waals surface area contributed by atoms with Crippen molar-refractivity contribution in [1.82, 2.24) is 20.2 Å². The second kappa shape index (κ2) is 10.7. The van der Waals surface area contributed by atoms with E-state index in [4.69, 9.17) is 9.47 Å². The van der Waals surface area contributed by atoms with Crippen LogP contribution in [0.2, 0.25) is 0 Å². The maximum atomic E-state index is 13.0. The van der Waals surface area contributed by atoms with Crippen molar-refractivity contribution in [2.24, 2.45) is 0 Å². The first-order valence-corrected chi connectivity index (χ1v) is 11.6. The predicted molar refractivity (Wildman–Crippen MR) is 128 cm³/mol. The number of carbonyl (C=O) groups is 2. The molecule has 2 heterocycles. The van der Waals surface area contributed by atoms with Crippen LogP contribution in [-0.2, 0) is 17.9 Å². The van der Waals surface area contributed by atoms with Crippen LogP contribution in [0, 0.1) is 0 Å². The van der Waals surface area contributed by atoms with Crippen LogP contribution in [0.5, 0.6) is 5.75 Å². The Morgan fingerprint density at radius 1 is 1.09 bits per heavy atom. The summed E-state index contributed by atoms with van der Waals surface area (Å²) in [4.78, 5) is 25.8. The minimum atomic E-state index is -0.483. The van der Waals surface area contributed by atoms with Crippen LogP contribution in [0.4, 0.5) is 5.00 Å². The summed E-state index contributed by atoms with van der Waals surface area (Å²) in [7, 11) is 0. The minimum Gasteiger partial charge on any atom is -0.486 e. The van der Waals surface area contributed by atoms with E-state index in [1.54, 1.807) is 35.9 Å². The molecular formula is C24H23N5O4S. The van der Waals surface area contributed by atoms with Gasteiger partial charge in [0.15, 0.2) is 5.82 Å². The standard InChI is InChI=1S/C24H23N5O4S/c1-3-29-20(26-27-28-29)14-33-18-12-8-11-17(13-18)22(30)25-23-21(24(31)32-4-2)19(15-34-23)16-9-6-5-7-10-16/h5-13,15H,3-4,14H2,1-2H3,(H,25,30). The molecule has 34 heavy (non-hydrogen) atoms. The van der Waals surface area contributed by atoms with Crippen LogP contribution >= 0.6 is 11.3 Å². The van der Waals surface area contributed by atoms with E-state index in [0.717, 1.165) is 5.56 Å². The fourth-order valence-corrected chi connectivity index (χ4v) is 4.26. The molecule has 0 radical (unpaired) electrons. The van der Waals surface area contributed by atoms with Gasteiger partial charge in [0.2, 0.25) is 0 Å². The summed E-state index contributed by atoms with van der Waals surface area (Å²) in [5, 5.41) is 16.6. The molecule has 0 spiro atoms. The van der Waals surface area contributed by atoms with Crippen LogP contribution in [-0.4, -0.2) is 38.7 Å². The van der Waals surface area contributed by atoms with Gasteiger partial charge in [0.1, 0.15) is 22.9 Å². The number of aryl methyl sites for hydroxylation is 1. The molecule has 2 aromatic carbocycles. The van der Waals surface area contributed by atoms with Crippen molar-refractivity contribution in [3.05, 3.63) is 76.9 Å². The molecule has 1 N–H and O–H groups in total. The fourth-order valence-electron chi connectivity index (χ4n) is 3.31. The molecular weight excluding hydrogens is 454 g/mol. The smallest absolute Gasteiger partial charge is 0.341 e. The van der Waals surface area contributed by atoms with Crippen molar-refractivity contribution >= 4 is 28.2 Å². The normalized spacial score (nSPS) is 10.6. The third-order valence-corrected chi connectivity index (χ3v) is 5.85. The Hall–Kier alpha value is -4.05. The van der Waals surface area contributed by atoms with E-state index in [1.165, 1.54) is 11.3 Å². The molecule has 0 aliphatic heterocycles. The highest BCUT2D eigenvalue weighted by atomic mass is 32.1. The summed E-state index contributed by atoms with van der Waals surface area (Å²) in [5.74, 6) is 0.239. The number of tetrazole rings is 1. The number of nitrogens with one attached hydrogen (secondary N) is 1. The summed E-state index contributed by atoms with van der Waals surface area (Å²) >= 11 is 1.28. The number of ether oxygens (including phenoxy) is 2. The summed E-state index contributed by atoms with van der Waals surface area (Å²) in [6.45, 7) is 4.71. The number of aromatic nitrogens is 4. The molecule has 4 rings (SSSR count). The number of hydrogen-bond donors (Lipinski definition) is 1. The van der Waals surface area contributed by atoms with Crippen LogP contribution in [0.3, 0.4) is 0 Å². The highest BCUT2D eigenvalue weighted by Crippen LogP contribution is 2.36. The third kappa shape index (κ3) is 5.12. The van der Waals surface area contributed by atoms with E-state index in [1.807, 2.05) is 42.6 Å². The highest BCUT2D eigenvalue weighted by molar-refractivity contribution is 7.15. The average molecular weight is 478 g/mol. The summed E-state index contributed by atoms with van der Waals surface area (Å²) in [6.07, 6.45) is 0. The second-order valence-corrected chi connectivity index (χ2v) is 8.00. The number of benzene rings is 2. The third-order valence-electron chi connectivity index (χ3n) is 4.95. The molecule has 0 fully saturated rings. The van der Waals surface area contributed by atoms with Crippen LogP contribution in [0.15, 0.2) is 60.0 Å². The van der Waals surface area contributed by atoms with E-state index in [9.17, 15) is 9.59 Å². The molecule has 174 valence electrons. The first-order chi connectivity index (χ1) is 16.6. The Morgan fingerprint density at radius 2 is 1.91 bits per heavy atom. The van der Waals surface area contributed by atoms with Gasteiger partial charge < -0.3 is 14.8 Å². The molecule has 0 atom stereocenters. The maximum absolute atomic E-state index is 13.0. The van der Waals surface area contributed by atoms with Gasteiger partial charge in [-0.1, -0.05) is 36.4 Å². The van der Waals surface area contributed by atoms with Crippen LogP contribution in [0.25, 0.3) is 11.1 Å². The van der Waals surface area contributed by atoms with Crippen molar-refractivity contribution in [3.8, 4) is 16.9 Å². The lowest BCUT2D eigenvalue weighted by Gasteiger charge is -2.10. The summed E-state index contributed by atoms with van der Waals surface area (Å²) < 4.78 is 12.7. The largest absolute Gasteiger partial charge is 0.486 e. The Bertz CT molecular complexity index is 1290. The zero-order valence-corrected chi connectivity index (χ0v) is 19.5. The number of carbonyl (C=O) groups excluding carboxylic acids is 2. The average Bonchev–Trinajstić information content (AvgIpc) is 3.50. The Morgan fingerprint density at radius 3 is 2.68 bits per heavy atom. The molecule has 0 saturated carbocycles. The van der Waals surface area contributed by atoms with Crippen molar-refractivity contribution in [1.29, 1.82) is 0 Å². The van der Waals surface area contributed by atoms with E-state index >= 15 is 0 Å². The van der Waals surface area contributed by atoms with Crippen molar-refractivity contribution in [3.63, 3.8) is 0 Å². The highest BCUT2D eigenvalue weighted by Gasteiger charge is 2.23. The molecule has 0 unspecified atom stereocenters. The molecule has 0 aliphatic carbocycles. The molecule has 10 heteroatoms. The molecule has 0 saturated heterocycles. The Balaban J connectivity index is 1.54. The van der Waals surface area contributed by atoms with Gasteiger partial charge in [-0.3, -0.25) is 4.79 Å². The van der Waals surface area contributed by atoms with Crippen molar-refractivity contribution in [2.75, 3.05) is 11.9 Å². The first-order valence-electron chi connectivity index (χ1n) is 10.7. The SMILES string of the molecule is CCOC(=O)c1c(-c2ccccc2)csc1NC(=O)c1cccc(OCc2nnnn2CC)c1. The van der Waals surface area contributed by atoms with Crippen LogP contribution < -0.4 is 10.1 Å². The van der Waals surface area contributed by atoms with Gasteiger partial charge in [-0.25, -0.2) is 9.48 Å². The number of nitrogens with zero attached hydrogens (tertiary/aromatic N) is 4. The molecule has 0 aliphatic rings. The number of thiophene rings is 1. The number of hydrogen-bond acceptors (Lipinski definition) is 8. The molecule has 1 amide bonds. The van der Waals surface area contributed by atoms with Crippen molar-refractivity contribution < 1.29 is 19.1 Å². The number of anilines is 1. The van der Waals surface area contributed by atoms with E-state index in [2.05, 4.69) is 20.8 Å². The minimum absolute atomic E-state index is 0.171. The fraction of sp³-hybridized carbons (Fsp3) is 0.208. The van der Waals surface area contributed by atoms with E-state index in [-0.39, 0.29) is 19.1 Å². The lowest BCUT2D eigenvalue weighted by atomic mass is 10.0. The second-order valence-electron chi connectivity index (χ2n) is 7.12. The van der Waals surface area contributed by atoms with E-state index < -0.39 is 5.97 Å². The van der Waals surface area contributed by atoms with Gasteiger partial charge in [-0.15, -0.1) is 16.4 Å². The van der Waals surface area contributed by atoms with Gasteiger partial charge in [0.25, 0.3) is 5.91 Å². The van der Waals surface area contributed by atoms with Gasteiger partial charge >= 0.3 is 5.97 Å². The van der Waals surface area contributed by atoms with Gasteiger partial charge in [-0.05, 0) is 48.0 Å². The predicted octanol–water partition coefficient (Wildman–Crippen LogP) is 4.43. The van der Waals surface area contributed by atoms with Gasteiger partial charge in [0, 0.05) is 23.1 Å². The first kappa shape index (κ1) is 23.1. The van der Waals surface area contributed by atoms with Crippen molar-refractivity contribution in [2.45, 2.75) is 27.0 Å². The Kier molecular flexibility index (Phi) is 7.28. The Labute approximate surface area is 200 Å². The number of amides is 1. The monoisotopic (exact) mass is 477 g/mol. The number of esters is 1. The zero-order valence-electron chi connectivity index (χ0n) is 18.7. The zero-order chi connectivity index (χ0) is 23.9. The lowest BCUT2D eigenvalue weighted by Crippen LogP contribution is -2.15. The summed E-state index contributed by atoms with van der Waals surface area (Å²) in [5.41, 5.74) is 2.31. The van der Waals surface area contributed by atoms with Crippen LogP contribution in [0.1, 0.15) is 40.4 Å². The quantitative estimate of drug-likeness (QED) is 0.355. The molecule has 4 aromatic rings. The lowest BCUT2D eigenvalue weighted by molar-refractivity contribution is 0.0529. The molecule has 2 aromatic heterocycles. The topological polar surface area (TPSA) is 108 Å². The van der Waals surface area contributed by atoms with Gasteiger partial charge in [-0.2, -0.15) is 0 Å². The summed E-state index contributed by atoms with van der Waals surface area (Å²) in [6, 6.07) is 16.3. The maximum Gasteiger partial charge on any atom is 0.341 e. The molecule has 0 bridgehead atoms. The number of rotatable bonds is 9. The molecule has 9 nitrogen and oxygen atoms in total. The van der Waals surface area contributed by atoms with Gasteiger partial charge in [0.05, 0.1) is 6.61 Å². The van der Waals surface area contributed by atoms with E-state index in [0.29, 0.717) is 39.8 Å².